The van der Waals surface area contributed by atoms with E-state index in [1.165, 1.54) is 6.07 Å². The highest BCUT2D eigenvalue weighted by atomic mass is 35.5. The first-order valence-corrected chi connectivity index (χ1v) is 6.95. The van der Waals surface area contributed by atoms with E-state index < -0.39 is 12.2 Å². The molecular weight excluding hydrogens is 323 g/mol. The first kappa shape index (κ1) is 15.8. The monoisotopic (exact) mass is 335 g/mol. The van der Waals surface area contributed by atoms with Gasteiger partial charge in [-0.15, -0.1) is 12.4 Å². The maximum atomic E-state index is 13.0. The highest BCUT2D eigenvalue weighted by molar-refractivity contribution is 6.23. The summed E-state index contributed by atoms with van der Waals surface area (Å²) in [6.07, 6.45) is -4.46. The minimum absolute atomic E-state index is 0. The van der Waals surface area contributed by atoms with Crippen molar-refractivity contribution in [3.8, 4) is 0 Å². The van der Waals surface area contributed by atoms with Crippen molar-refractivity contribution in [2.24, 2.45) is 5.73 Å². The van der Waals surface area contributed by atoms with E-state index in [1.54, 1.807) is 12.1 Å². The number of hydrogen-bond acceptors (Lipinski definition) is 1. The molecule has 1 atom stereocenters. The van der Waals surface area contributed by atoms with Gasteiger partial charge in [0.2, 0.25) is 0 Å². The second kappa shape index (κ2) is 5.25. The van der Waals surface area contributed by atoms with Crippen LogP contribution in [0.4, 0.5) is 13.2 Å². The number of alkyl halides is 3. The Balaban J connectivity index is 0.00000156. The first-order valence-electron chi connectivity index (χ1n) is 6.95. The molecule has 0 fully saturated rings. The van der Waals surface area contributed by atoms with Crippen molar-refractivity contribution < 1.29 is 13.2 Å². The number of halogens is 4. The third kappa shape index (κ3) is 2.30. The van der Waals surface area contributed by atoms with Crippen LogP contribution in [0.25, 0.3) is 32.3 Å². The lowest BCUT2D eigenvalue weighted by atomic mass is 9.90. The molecule has 0 unspecified atom stereocenters. The van der Waals surface area contributed by atoms with Gasteiger partial charge in [-0.2, -0.15) is 13.2 Å². The van der Waals surface area contributed by atoms with Crippen molar-refractivity contribution in [3.05, 3.63) is 60.2 Å². The van der Waals surface area contributed by atoms with Gasteiger partial charge in [-0.25, -0.2) is 0 Å². The van der Waals surface area contributed by atoms with Gasteiger partial charge >= 0.3 is 6.18 Å². The van der Waals surface area contributed by atoms with Gasteiger partial charge in [0.05, 0.1) is 0 Å². The quantitative estimate of drug-likeness (QED) is 0.452. The van der Waals surface area contributed by atoms with E-state index in [0.29, 0.717) is 5.39 Å². The Morgan fingerprint density at radius 2 is 1.26 bits per heavy atom. The Labute approximate surface area is 136 Å². The van der Waals surface area contributed by atoms with Gasteiger partial charge < -0.3 is 5.73 Å². The maximum Gasteiger partial charge on any atom is 0.407 e. The molecule has 0 aromatic heterocycles. The summed E-state index contributed by atoms with van der Waals surface area (Å²) in [5.41, 5.74) is 5.57. The summed E-state index contributed by atoms with van der Waals surface area (Å²) in [6, 6.07) is 14.6. The Bertz CT molecular complexity index is 978. The van der Waals surface area contributed by atoms with E-state index in [4.69, 9.17) is 5.73 Å². The molecule has 0 aliphatic carbocycles. The number of nitrogens with two attached hydrogens (primary N) is 1. The lowest BCUT2D eigenvalue weighted by Gasteiger charge is -2.20. The predicted molar refractivity (Wildman–Crippen MR) is 90.4 cm³/mol. The van der Waals surface area contributed by atoms with Crippen LogP contribution in [0.3, 0.4) is 0 Å². The van der Waals surface area contributed by atoms with E-state index in [-0.39, 0.29) is 18.0 Å². The standard InChI is InChI=1S/C18H12F3N.ClH/c19-18(20,21)17(22)14-9-7-12-5-4-10-2-1-3-11-6-8-13(14)16(12)15(10)11;/h1-9,17H,22H2;1H/t17-;/m0./s1. The molecule has 0 aliphatic heterocycles. The van der Waals surface area contributed by atoms with Crippen LogP contribution < -0.4 is 5.73 Å². The zero-order valence-electron chi connectivity index (χ0n) is 11.9. The van der Waals surface area contributed by atoms with Gasteiger partial charge in [-0.05, 0) is 37.9 Å². The summed E-state index contributed by atoms with van der Waals surface area (Å²) >= 11 is 0. The van der Waals surface area contributed by atoms with Crippen molar-refractivity contribution in [2.45, 2.75) is 12.2 Å². The molecule has 4 aromatic carbocycles. The van der Waals surface area contributed by atoms with Gasteiger partial charge in [0, 0.05) is 0 Å². The van der Waals surface area contributed by atoms with E-state index >= 15 is 0 Å². The molecule has 0 spiro atoms. The van der Waals surface area contributed by atoms with Crippen LogP contribution >= 0.6 is 12.4 Å². The van der Waals surface area contributed by atoms with E-state index in [2.05, 4.69) is 0 Å². The van der Waals surface area contributed by atoms with Crippen LogP contribution in [0.5, 0.6) is 0 Å². The molecular formula is C18H13ClF3N. The maximum absolute atomic E-state index is 13.0. The number of benzene rings is 4. The average Bonchev–Trinajstić information content (AvgIpc) is 2.51. The molecule has 0 amide bonds. The summed E-state index contributed by atoms with van der Waals surface area (Å²) in [5, 5.41) is 5.40. The number of rotatable bonds is 1. The summed E-state index contributed by atoms with van der Waals surface area (Å²) in [5.74, 6) is 0. The van der Waals surface area contributed by atoms with Crippen molar-refractivity contribution in [2.75, 3.05) is 0 Å². The fourth-order valence-corrected chi connectivity index (χ4v) is 3.21. The zero-order chi connectivity index (χ0) is 15.5. The minimum atomic E-state index is -4.46. The molecule has 4 aromatic rings. The Morgan fingerprint density at radius 3 is 1.87 bits per heavy atom. The van der Waals surface area contributed by atoms with Crippen molar-refractivity contribution in [1.82, 2.24) is 0 Å². The van der Waals surface area contributed by atoms with Gasteiger partial charge in [0.25, 0.3) is 0 Å². The SMILES string of the molecule is Cl.N[C@@H](c1ccc2ccc3cccc4ccc1c2c34)C(F)(F)F. The zero-order valence-corrected chi connectivity index (χ0v) is 12.7. The molecule has 1 nitrogen and oxygen atoms in total. The molecule has 0 heterocycles. The molecule has 23 heavy (non-hydrogen) atoms. The van der Waals surface area contributed by atoms with Gasteiger partial charge in [-0.3, -0.25) is 0 Å². The lowest BCUT2D eigenvalue weighted by molar-refractivity contribution is -0.148. The van der Waals surface area contributed by atoms with Crippen LogP contribution in [-0.4, -0.2) is 6.18 Å². The Morgan fingerprint density at radius 1 is 0.739 bits per heavy atom. The third-order valence-electron chi connectivity index (χ3n) is 4.25. The van der Waals surface area contributed by atoms with Crippen LogP contribution in [0.1, 0.15) is 11.6 Å². The van der Waals surface area contributed by atoms with E-state index in [9.17, 15) is 13.2 Å². The average molecular weight is 336 g/mol. The molecule has 0 aliphatic rings. The number of hydrogen-bond donors (Lipinski definition) is 1. The molecule has 0 saturated heterocycles. The van der Waals surface area contributed by atoms with Crippen LogP contribution in [0, 0.1) is 0 Å². The Hall–Kier alpha value is -2.04. The molecule has 4 rings (SSSR count). The molecule has 5 heteroatoms. The van der Waals surface area contributed by atoms with Crippen LogP contribution in [-0.2, 0) is 0 Å². The molecule has 2 N–H and O–H groups in total. The largest absolute Gasteiger partial charge is 0.407 e. The molecule has 0 bridgehead atoms. The Kier molecular flexibility index (Phi) is 3.62. The summed E-state index contributed by atoms with van der Waals surface area (Å²) in [7, 11) is 0. The van der Waals surface area contributed by atoms with Gasteiger partial charge in [0.15, 0.2) is 0 Å². The topological polar surface area (TPSA) is 26.0 Å². The molecule has 0 saturated carbocycles. The van der Waals surface area contributed by atoms with Crippen molar-refractivity contribution in [1.29, 1.82) is 0 Å². The van der Waals surface area contributed by atoms with Crippen LogP contribution in [0.15, 0.2) is 54.6 Å². The predicted octanol–water partition coefficient (Wildman–Crippen LogP) is 5.57. The van der Waals surface area contributed by atoms with Gasteiger partial charge in [0.1, 0.15) is 6.04 Å². The first-order chi connectivity index (χ1) is 10.5. The molecule has 118 valence electrons. The van der Waals surface area contributed by atoms with Crippen molar-refractivity contribution >= 4 is 44.7 Å². The van der Waals surface area contributed by atoms with Crippen LogP contribution in [0.2, 0.25) is 0 Å². The summed E-state index contributed by atoms with van der Waals surface area (Å²) in [4.78, 5) is 0. The lowest BCUT2D eigenvalue weighted by Crippen LogP contribution is -2.28. The third-order valence-corrected chi connectivity index (χ3v) is 4.25. The van der Waals surface area contributed by atoms with E-state index in [0.717, 1.165) is 26.9 Å². The summed E-state index contributed by atoms with van der Waals surface area (Å²) in [6.45, 7) is 0. The molecule has 0 radical (unpaired) electrons. The smallest absolute Gasteiger partial charge is 0.316 e. The highest BCUT2D eigenvalue weighted by Crippen LogP contribution is 2.40. The second-order valence-corrected chi connectivity index (χ2v) is 5.53. The van der Waals surface area contributed by atoms with Gasteiger partial charge in [-0.1, -0.05) is 54.6 Å². The van der Waals surface area contributed by atoms with E-state index in [1.807, 2.05) is 36.4 Å². The fraction of sp³-hybridized carbons (Fsp3) is 0.111. The summed E-state index contributed by atoms with van der Waals surface area (Å²) < 4.78 is 39.1. The van der Waals surface area contributed by atoms with Crippen molar-refractivity contribution in [3.63, 3.8) is 0 Å². The fourth-order valence-electron chi connectivity index (χ4n) is 3.21. The minimum Gasteiger partial charge on any atom is -0.316 e. The second-order valence-electron chi connectivity index (χ2n) is 5.53. The normalized spacial score (nSPS) is 13.6. The highest BCUT2D eigenvalue weighted by Gasteiger charge is 2.38.